The summed E-state index contributed by atoms with van der Waals surface area (Å²) >= 11 is 12.0. The lowest BCUT2D eigenvalue weighted by Gasteiger charge is -2.23. The molecule has 0 aliphatic carbocycles. The van der Waals surface area contributed by atoms with E-state index in [-0.39, 0.29) is 6.04 Å². The maximum absolute atomic E-state index is 6.05. The van der Waals surface area contributed by atoms with Gasteiger partial charge < -0.3 is 10.3 Å². The number of nitrogens with zero attached hydrogens (tertiary/aromatic N) is 1. The second kappa shape index (κ2) is 4.33. The van der Waals surface area contributed by atoms with Crippen molar-refractivity contribution in [2.24, 2.45) is 0 Å². The highest BCUT2D eigenvalue weighted by molar-refractivity contribution is 6.42. The molecule has 0 spiro atoms. The van der Waals surface area contributed by atoms with Crippen LogP contribution in [0.4, 0.5) is 0 Å². The number of aromatic amines is 1. The molecule has 88 valence electrons. The van der Waals surface area contributed by atoms with Gasteiger partial charge in [-0.05, 0) is 17.7 Å². The minimum absolute atomic E-state index is 0.0970. The first-order valence-corrected chi connectivity index (χ1v) is 6.22. The molecular weight excluding hydrogens is 257 g/mol. The van der Waals surface area contributed by atoms with Gasteiger partial charge in [0.2, 0.25) is 0 Å². The summed E-state index contributed by atoms with van der Waals surface area (Å²) in [5.41, 5.74) is 3.34. The molecule has 0 fully saturated rings. The van der Waals surface area contributed by atoms with Crippen LogP contribution in [0.1, 0.15) is 23.0 Å². The van der Waals surface area contributed by atoms with Crippen LogP contribution < -0.4 is 5.32 Å². The van der Waals surface area contributed by atoms with E-state index >= 15 is 0 Å². The first-order chi connectivity index (χ1) is 8.25. The van der Waals surface area contributed by atoms with Gasteiger partial charge in [-0.1, -0.05) is 29.3 Å². The maximum Gasteiger partial charge on any atom is 0.0926 e. The maximum atomic E-state index is 6.05. The van der Waals surface area contributed by atoms with Crippen molar-refractivity contribution in [3.05, 3.63) is 51.5 Å². The molecule has 1 aliphatic heterocycles. The molecule has 2 aromatic rings. The van der Waals surface area contributed by atoms with Gasteiger partial charge in [-0.25, -0.2) is 4.98 Å². The molecule has 1 atom stereocenters. The Morgan fingerprint density at radius 2 is 2.12 bits per heavy atom. The van der Waals surface area contributed by atoms with Crippen molar-refractivity contribution in [1.82, 2.24) is 15.3 Å². The van der Waals surface area contributed by atoms with Gasteiger partial charge in [-0.2, -0.15) is 0 Å². The van der Waals surface area contributed by atoms with Crippen LogP contribution in [-0.2, 0) is 6.42 Å². The van der Waals surface area contributed by atoms with Crippen LogP contribution in [0, 0.1) is 0 Å². The molecule has 3 nitrogen and oxygen atoms in total. The molecule has 1 aliphatic rings. The molecule has 0 bridgehead atoms. The van der Waals surface area contributed by atoms with Gasteiger partial charge in [-0.15, -0.1) is 0 Å². The summed E-state index contributed by atoms with van der Waals surface area (Å²) in [6.07, 6.45) is 2.72. The predicted octanol–water partition coefficient (Wildman–Crippen LogP) is 2.95. The van der Waals surface area contributed by atoms with Gasteiger partial charge in [0.05, 0.1) is 28.1 Å². The summed E-state index contributed by atoms with van der Waals surface area (Å²) in [6, 6.07) is 5.79. The van der Waals surface area contributed by atoms with E-state index in [1.165, 1.54) is 5.69 Å². The zero-order valence-corrected chi connectivity index (χ0v) is 10.5. The van der Waals surface area contributed by atoms with Crippen LogP contribution in [0.3, 0.4) is 0 Å². The molecule has 17 heavy (non-hydrogen) atoms. The van der Waals surface area contributed by atoms with Gasteiger partial charge in [0.25, 0.3) is 0 Å². The van der Waals surface area contributed by atoms with Crippen LogP contribution in [0.2, 0.25) is 10.0 Å². The van der Waals surface area contributed by atoms with Crippen LogP contribution in [0.5, 0.6) is 0 Å². The summed E-state index contributed by atoms with van der Waals surface area (Å²) < 4.78 is 0. The second-order valence-electron chi connectivity index (χ2n) is 4.08. The molecule has 5 heteroatoms. The average molecular weight is 268 g/mol. The SMILES string of the molecule is Clc1ccc(C2NCCc3[nH]cnc32)cc1Cl. The number of imidazole rings is 1. The topological polar surface area (TPSA) is 40.7 Å². The largest absolute Gasteiger partial charge is 0.348 e. The molecule has 2 heterocycles. The van der Waals surface area contributed by atoms with Gasteiger partial charge in [0.1, 0.15) is 0 Å². The van der Waals surface area contributed by atoms with E-state index in [9.17, 15) is 0 Å². The number of fused-ring (bicyclic) bond motifs is 1. The molecule has 0 amide bonds. The molecule has 2 N–H and O–H groups in total. The fraction of sp³-hybridized carbons (Fsp3) is 0.250. The molecule has 1 aromatic heterocycles. The Hall–Kier alpha value is -1.03. The van der Waals surface area contributed by atoms with E-state index in [1.54, 1.807) is 6.33 Å². The summed E-state index contributed by atoms with van der Waals surface area (Å²) in [6.45, 7) is 0.931. The normalized spacial score (nSPS) is 19.1. The Labute approximate surface area is 109 Å². The van der Waals surface area contributed by atoms with Crippen molar-refractivity contribution < 1.29 is 0 Å². The lowest BCUT2D eigenvalue weighted by atomic mass is 9.98. The van der Waals surface area contributed by atoms with E-state index in [0.717, 1.165) is 24.2 Å². The highest BCUT2D eigenvalue weighted by atomic mass is 35.5. The minimum atomic E-state index is 0.0970. The smallest absolute Gasteiger partial charge is 0.0926 e. The molecule has 1 unspecified atom stereocenters. The Balaban J connectivity index is 2.03. The summed E-state index contributed by atoms with van der Waals surface area (Å²) in [4.78, 5) is 7.55. The highest BCUT2D eigenvalue weighted by Crippen LogP contribution is 2.30. The summed E-state index contributed by atoms with van der Waals surface area (Å²) in [5.74, 6) is 0. The standard InChI is InChI=1S/C12H11Cl2N3/c13-8-2-1-7(5-9(8)14)11-12-10(3-4-15-11)16-6-17-12/h1-2,5-6,11,15H,3-4H2,(H,16,17). The van der Waals surface area contributed by atoms with E-state index in [1.807, 2.05) is 18.2 Å². The predicted molar refractivity (Wildman–Crippen MR) is 68.6 cm³/mol. The van der Waals surface area contributed by atoms with E-state index in [4.69, 9.17) is 23.2 Å². The van der Waals surface area contributed by atoms with Crippen LogP contribution in [-0.4, -0.2) is 16.5 Å². The highest BCUT2D eigenvalue weighted by Gasteiger charge is 2.23. The Bertz CT molecular complexity index is 550. The van der Waals surface area contributed by atoms with Crippen molar-refractivity contribution >= 4 is 23.2 Å². The number of aromatic nitrogens is 2. The van der Waals surface area contributed by atoms with Crippen molar-refractivity contribution in [2.75, 3.05) is 6.54 Å². The van der Waals surface area contributed by atoms with Gasteiger partial charge >= 0.3 is 0 Å². The molecule has 0 radical (unpaired) electrons. The number of H-pyrrole nitrogens is 1. The quantitative estimate of drug-likeness (QED) is 0.834. The van der Waals surface area contributed by atoms with Gasteiger partial charge in [-0.3, -0.25) is 0 Å². The first kappa shape index (κ1) is 11.1. The zero-order chi connectivity index (χ0) is 11.8. The molecule has 1 aromatic carbocycles. The lowest BCUT2D eigenvalue weighted by molar-refractivity contribution is 0.553. The minimum Gasteiger partial charge on any atom is -0.348 e. The van der Waals surface area contributed by atoms with Crippen molar-refractivity contribution in [3.8, 4) is 0 Å². The van der Waals surface area contributed by atoms with E-state index < -0.39 is 0 Å². The van der Waals surface area contributed by atoms with E-state index in [2.05, 4.69) is 15.3 Å². The Morgan fingerprint density at radius 1 is 1.24 bits per heavy atom. The van der Waals surface area contributed by atoms with Gasteiger partial charge in [0.15, 0.2) is 0 Å². The number of hydrogen-bond acceptors (Lipinski definition) is 2. The fourth-order valence-corrected chi connectivity index (χ4v) is 2.49. The lowest BCUT2D eigenvalue weighted by Crippen LogP contribution is -2.30. The number of halogens is 2. The average Bonchev–Trinajstić information content (AvgIpc) is 2.80. The van der Waals surface area contributed by atoms with E-state index in [0.29, 0.717) is 10.0 Å². The Morgan fingerprint density at radius 3 is 2.94 bits per heavy atom. The van der Waals surface area contributed by atoms with Crippen LogP contribution >= 0.6 is 23.2 Å². The summed E-state index contributed by atoms with van der Waals surface area (Å²) in [5, 5.41) is 4.59. The monoisotopic (exact) mass is 267 g/mol. The number of hydrogen-bond donors (Lipinski definition) is 2. The third-order valence-electron chi connectivity index (χ3n) is 3.03. The van der Waals surface area contributed by atoms with Crippen molar-refractivity contribution in [1.29, 1.82) is 0 Å². The number of nitrogens with one attached hydrogen (secondary N) is 2. The molecule has 0 saturated heterocycles. The number of rotatable bonds is 1. The first-order valence-electron chi connectivity index (χ1n) is 5.46. The fourth-order valence-electron chi connectivity index (χ4n) is 2.19. The van der Waals surface area contributed by atoms with Crippen molar-refractivity contribution in [3.63, 3.8) is 0 Å². The molecule has 0 saturated carbocycles. The van der Waals surface area contributed by atoms with Crippen molar-refractivity contribution in [2.45, 2.75) is 12.5 Å². The third-order valence-corrected chi connectivity index (χ3v) is 3.76. The second-order valence-corrected chi connectivity index (χ2v) is 4.89. The van der Waals surface area contributed by atoms with Crippen LogP contribution in [0.15, 0.2) is 24.5 Å². The molecular formula is C12H11Cl2N3. The zero-order valence-electron chi connectivity index (χ0n) is 9.00. The number of benzene rings is 1. The van der Waals surface area contributed by atoms with Gasteiger partial charge in [0, 0.05) is 18.7 Å². The third kappa shape index (κ3) is 1.95. The Kier molecular flexibility index (Phi) is 2.82. The summed E-state index contributed by atoms with van der Waals surface area (Å²) in [7, 11) is 0. The molecule has 3 rings (SSSR count). The van der Waals surface area contributed by atoms with Crippen LogP contribution in [0.25, 0.3) is 0 Å².